The van der Waals surface area contributed by atoms with E-state index < -0.39 is 24.5 Å². The number of nitrogens with zero attached hydrogens (tertiary/aromatic N) is 7. The molecule has 0 amide bonds. The highest BCUT2D eigenvalue weighted by Crippen LogP contribution is 2.39. The molecule has 5 aromatic rings. The van der Waals surface area contributed by atoms with Crippen molar-refractivity contribution in [1.29, 1.82) is 0 Å². The highest BCUT2D eigenvalue weighted by Gasteiger charge is 2.46. The minimum Gasteiger partial charge on any atom is -0.387 e. The molecule has 0 saturated carbocycles. The van der Waals surface area contributed by atoms with Gasteiger partial charge >= 0.3 is 0 Å². The van der Waals surface area contributed by atoms with Crippen molar-refractivity contribution < 1.29 is 14.9 Å². The molecule has 2 aromatic carbocycles. The molecule has 8 N–H and O–H groups in total. The Balaban J connectivity index is 1.37. The molecule has 1 aliphatic rings. The summed E-state index contributed by atoms with van der Waals surface area (Å²) in [5, 5.41) is 31.4. The Morgan fingerprint density at radius 1 is 1.00 bits per heavy atom. The molecule has 6 rings (SSSR count). The molecule has 14 heteroatoms. The maximum Gasteiger partial charge on any atom is 0.256 e. The maximum absolute atomic E-state index is 10.9. The van der Waals surface area contributed by atoms with E-state index in [1.807, 2.05) is 36.4 Å². The van der Waals surface area contributed by atoms with Gasteiger partial charge in [-0.1, -0.05) is 60.7 Å². The molecule has 1 unspecified atom stereocenters. The van der Waals surface area contributed by atoms with Gasteiger partial charge in [0.2, 0.25) is 0 Å². The van der Waals surface area contributed by atoms with Gasteiger partial charge in [0.25, 0.3) is 5.95 Å². The van der Waals surface area contributed by atoms with Crippen LogP contribution in [0, 0.1) is 0 Å². The summed E-state index contributed by atoms with van der Waals surface area (Å²) in [6.07, 6.45) is -1.81. The van der Waals surface area contributed by atoms with Crippen molar-refractivity contribution in [3.8, 4) is 0 Å². The van der Waals surface area contributed by atoms with Crippen LogP contribution in [0.2, 0.25) is 0 Å². The number of anilines is 1. The van der Waals surface area contributed by atoms with Crippen LogP contribution in [-0.4, -0.2) is 69.6 Å². The van der Waals surface area contributed by atoms with E-state index in [2.05, 4.69) is 64.7 Å². The quantitative estimate of drug-likeness (QED) is 0.121. The summed E-state index contributed by atoms with van der Waals surface area (Å²) in [7, 11) is 0. The van der Waals surface area contributed by atoms with Crippen LogP contribution < -0.4 is 16.8 Å². The van der Waals surface area contributed by atoms with Gasteiger partial charge in [0, 0.05) is 12.5 Å². The lowest BCUT2D eigenvalue weighted by Crippen LogP contribution is -2.29. The van der Waals surface area contributed by atoms with E-state index in [0.29, 0.717) is 23.5 Å². The Kier molecular flexibility index (Phi) is 6.77. The normalized spacial score (nSPS) is 20.7. The molecule has 4 heterocycles. The van der Waals surface area contributed by atoms with E-state index in [1.54, 1.807) is 0 Å². The highest BCUT2D eigenvalue weighted by molar-refractivity contribution is 5.85. The van der Waals surface area contributed by atoms with E-state index in [1.165, 1.54) is 17.2 Å². The molecule has 1 saturated heterocycles. The van der Waals surface area contributed by atoms with E-state index in [0.717, 1.165) is 11.1 Å². The molecule has 0 aliphatic carbocycles. The summed E-state index contributed by atoms with van der Waals surface area (Å²) in [4.78, 5) is 21.6. The lowest BCUT2D eigenvalue weighted by Gasteiger charge is -2.20. The molecular weight excluding hydrogens is 514 g/mol. The first-order valence-electron chi connectivity index (χ1n) is 12.5. The topological polar surface area (TPSA) is 211 Å². The van der Waals surface area contributed by atoms with Crippen LogP contribution in [0.15, 0.2) is 78.3 Å². The number of guanidine groups is 1. The van der Waals surface area contributed by atoms with Gasteiger partial charge in [0.15, 0.2) is 35.0 Å². The first kappa shape index (κ1) is 25.4. The van der Waals surface area contributed by atoms with Crippen LogP contribution in [0.1, 0.15) is 35.2 Å². The van der Waals surface area contributed by atoms with Crippen molar-refractivity contribution in [2.75, 3.05) is 11.9 Å². The van der Waals surface area contributed by atoms with Crippen LogP contribution in [0.3, 0.4) is 0 Å². The third-order valence-electron chi connectivity index (χ3n) is 6.73. The average Bonchev–Trinajstić information content (AvgIpc) is 3.70. The smallest absolute Gasteiger partial charge is 0.256 e. The summed E-state index contributed by atoms with van der Waals surface area (Å²) >= 11 is 0. The Bertz CT molecular complexity index is 1570. The van der Waals surface area contributed by atoms with Crippen LogP contribution >= 0.6 is 0 Å². The highest BCUT2D eigenvalue weighted by atomic mass is 16.6. The average molecular weight is 542 g/mol. The molecule has 0 radical (unpaired) electrons. The minimum absolute atomic E-state index is 0.00108. The number of fused-ring (bicyclic) bond motifs is 1. The molecule has 3 aromatic heterocycles. The van der Waals surface area contributed by atoms with Crippen LogP contribution in [0.4, 0.5) is 11.8 Å². The van der Waals surface area contributed by atoms with Crippen LogP contribution in [0.25, 0.3) is 11.2 Å². The zero-order valence-corrected chi connectivity index (χ0v) is 21.1. The molecule has 0 bridgehead atoms. The van der Waals surface area contributed by atoms with Gasteiger partial charge in [-0.25, -0.2) is 9.97 Å². The summed E-state index contributed by atoms with van der Waals surface area (Å²) in [5.74, 6) is 0.442. The lowest BCUT2D eigenvalue weighted by molar-refractivity contribution is -0.0382. The second-order valence-electron chi connectivity index (χ2n) is 9.29. The van der Waals surface area contributed by atoms with Crippen LogP contribution in [-0.2, 0) is 4.74 Å². The molecular formula is C26H27N11O3. The molecule has 1 aliphatic heterocycles. The summed E-state index contributed by atoms with van der Waals surface area (Å²) in [6.45, 7) is 0.475. The number of aliphatic hydroxyl groups excluding tert-OH is 2. The van der Waals surface area contributed by atoms with Gasteiger partial charge in [-0.15, -0.1) is 0 Å². The van der Waals surface area contributed by atoms with Gasteiger partial charge in [-0.05, 0) is 11.1 Å². The summed E-state index contributed by atoms with van der Waals surface area (Å²) in [5.41, 5.74) is 14.2. The fraction of sp³-hybridized carbons (Fsp3) is 0.231. The standard InChI is InChI=1S/C26H27N11O3/c27-25(28)35-26-33-21(29-11-16(14-7-3-1-4-8-14)15-9-5-2-6-10-15)17-23(34-26)37(13-31-17)24-19(39)18(38)20(40-24)22-30-12-32-36-22/h1-10,12-13,16,18-20,24,38-39H,11H2,(H,30,32,36)(H5,27,28,29,33,34,35)/t18-,19+,20?,24+/m0/s1. The summed E-state index contributed by atoms with van der Waals surface area (Å²) in [6, 6.07) is 20.2. The van der Waals surface area contributed by atoms with Gasteiger partial charge in [0.1, 0.15) is 24.6 Å². The number of imidazole rings is 1. The number of H-pyrrole nitrogens is 1. The Labute approximate surface area is 227 Å². The van der Waals surface area contributed by atoms with Crippen molar-refractivity contribution in [1.82, 2.24) is 34.7 Å². The number of aromatic amines is 1. The molecule has 204 valence electrons. The Morgan fingerprint density at radius 3 is 2.33 bits per heavy atom. The van der Waals surface area contributed by atoms with E-state index in [-0.39, 0.29) is 23.7 Å². The fourth-order valence-corrected chi connectivity index (χ4v) is 4.84. The summed E-state index contributed by atoms with van der Waals surface area (Å²) < 4.78 is 7.48. The number of nitrogens with one attached hydrogen (secondary N) is 2. The monoisotopic (exact) mass is 541 g/mol. The second kappa shape index (κ2) is 10.7. The van der Waals surface area contributed by atoms with Crippen molar-refractivity contribution in [2.24, 2.45) is 16.5 Å². The van der Waals surface area contributed by atoms with Crippen molar-refractivity contribution >= 4 is 28.9 Å². The van der Waals surface area contributed by atoms with Crippen molar-refractivity contribution in [2.45, 2.75) is 30.5 Å². The Hall–Kier alpha value is -4.92. The number of aromatic nitrogens is 7. The third kappa shape index (κ3) is 4.82. The maximum atomic E-state index is 10.9. The Morgan fingerprint density at radius 2 is 1.70 bits per heavy atom. The molecule has 4 atom stereocenters. The first-order valence-corrected chi connectivity index (χ1v) is 12.5. The zero-order chi connectivity index (χ0) is 27.6. The number of aliphatic hydroxyl groups is 2. The number of aliphatic imine (C=N–C) groups is 1. The van der Waals surface area contributed by atoms with E-state index in [4.69, 9.17) is 16.2 Å². The van der Waals surface area contributed by atoms with Gasteiger partial charge < -0.3 is 31.7 Å². The molecule has 1 fully saturated rings. The van der Waals surface area contributed by atoms with Gasteiger partial charge in [-0.3, -0.25) is 9.67 Å². The molecule has 0 spiro atoms. The van der Waals surface area contributed by atoms with Gasteiger partial charge in [0.05, 0.1) is 6.33 Å². The number of rotatable bonds is 8. The van der Waals surface area contributed by atoms with E-state index >= 15 is 0 Å². The number of hydrogen-bond acceptors (Lipinski definition) is 10. The molecule has 40 heavy (non-hydrogen) atoms. The lowest BCUT2D eigenvalue weighted by atomic mass is 9.91. The van der Waals surface area contributed by atoms with Crippen LogP contribution in [0.5, 0.6) is 0 Å². The van der Waals surface area contributed by atoms with Gasteiger partial charge in [-0.2, -0.15) is 20.1 Å². The molecule has 14 nitrogen and oxygen atoms in total. The number of nitrogens with two attached hydrogens (primary N) is 2. The number of ether oxygens (including phenoxy) is 1. The third-order valence-corrected chi connectivity index (χ3v) is 6.73. The van der Waals surface area contributed by atoms with E-state index in [9.17, 15) is 10.2 Å². The second-order valence-corrected chi connectivity index (χ2v) is 9.29. The first-order chi connectivity index (χ1) is 19.5. The minimum atomic E-state index is -1.31. The SMILES string of the molecule is NC(N)=Nc1nc(NCC(c2ccccc2)c2ccccc2)c2ncn([C@@H]3OC(c4ncn[nH]4)[C@@H](O)[C@H]3O)c2n1. The fourth-order valence-electron chi connectivity index (χ4n) is 4.84. The zero-order valence-electron chi connectivity index (χ0n) is 21.1. The largest absolute Gasteiger partial charge is 0.387 e. The van der Waals surface area contributed by atoms with Crippen molar-refractivity contribution in [3.63, 3.8) is 0 Å². The van der Waals surface area contributed by atoms with Crippen molar-refractivity contribution in [3.05, 3.63) is 90.3 Å². The number of benzene rings is 2. The predicted molar refractivity (Wildman–Crippen MR) is 145 cm³/mol. The predicted octanol–water partition coefficient (Wildman–Crippen LogP) is 1.09. The number of hydrogen-bond donors (Lipinski definition) is 6.